The highest BCUT2D eigenvalue weighted by Gasteiger charge is 2.23. The quantitative estimate of drug-likeness (QED) is 0.823. The number of halogens is 3. The maximum Gasteiger partial charge on any atom is 0.258 e. The van der Waals surface area contributed by atoms with Crippen LogP contribution in [0.2, 0.25) is 5.02 Å². The molecule has 8 heteroatoms. The number of hydrogen-bond acceptors (Lipinski definition) is 3. The Labute approximate surface area is 147 Å². The lowest BCUT2D eigenvalue weighted by molar-refractivity contribution is -0.129. The van der Waals surface area contributed by atoms with Gasteiger partial charge in [-0.3, -0.25) is 9.59 Å². The van der Waals surface area contributed by atoms with E-state index in [0.717, 1.165) is 12.1 Å². The number of ether oxygens (including phenoxy) is 1. The van der Waals surface area contributed by atoms with Crippen LogP contribution in [-0.4, -0.2) is 25.5 Å². The predicted octanol–water partition coefficient (Wildman–Crippen LogP) is 2.60. The Morgan fingerprint density at radius 2 is 1.80 bits per heavy atom. The molecule has 0 aromatic heterocycles. The van der Waals surface area contributed by atoms with Gasteiger partial charge in [0.2, 0.25) is 5.91 Å². The third-order valence-electron chi connectivity index (χ3n) is 3.27. The van der Waals surface area contributed by atoms with E-state index in [1.165, 1.54) is 13.1 Å². The van der Waals surface area contributed by atoms with Crippen LogP contribution >= 0.6 is 11.6 Å². The van der Waals surface area contributed by atoms with Crippen LogP contribution < -0.4 is 15.4 Å². The molecule has 2 amide bonds. The van der Waals surface area contributed by atoms with Gasteiger partial charge in [-0.15, -0.1) is 0 Å². The van der Waals surface area contributed by atoms with Crippen molar-refractivity contribution in [1.29, 1.82) is 0 Å². The molecule has 0 saturated carbocycles. The summed E-state index contributed by atoms with van der Waals surface area (Å²) in [6.45, 7) is -0.362. The summed E-state index contributed by atoms with van der Waals surface area (Å²) in [5.74, 6) is -2.92. The Morgan fingerprint density at radius 1 is 1.12 bits per heavy atom. The van der Waals surface area contributed by atoms with E-state index in [4.69, 9.17) is 16.3 Å². The summed E-state index contributed by atoms with van der Waals surface area (Å²) in [4.78, 5) is 24.0. The molecule has 2 rings (SSSR count). The molecule has 132 valence electrons. The lowest BCUT2D eigenvalue weighted by atomic mass is 10.1. The first-order valence-corrected chi connectivity index (χ1v) is 7.62. The van der Waals surface area contributed by atoms with Gasteiger partial charge in [-0.2, -0.15) is 0 Å². The SMILES string of the molecule is CNC(=O)C(NC(=O)COc1ccc(Cl)cc1)c1ccc(F)c(F)c1. The van der Waals surface area contributed by atoms with Crippen molar-refractivity contribution < 1.29 is 23.1 Å². The number of benzene rings is 2. The fraction of sp³-hybridized carbons (Fsp3) is 0.176. The molecule has 0 bridgehead atoms. The van der Waals surface area contributed by atoms with Gasteiger partial charge in [0.15, 0.2) is 18.2 Å². The van der Waals surface area contributed by atoms with Gasteiger partial charge in [0.05, 0.1) is 0 Å². The zero-order valence-electron chi connectivity index (χ0n) is 13.2. The minimum atomic E-state index is -1.18. The molecule has 0 radical (unpaired) electrons. The molecule has 2 aromatic carbocycles. The molecule has 0 aliphatic rings. The van der Waals surface area contributed by atoms with Crippen LogP contribution in [0.25, 0.3) is 0 Å². The zero-order chi connectivity index (χ0) is 18.4. The Balaban J connectivity index is 2.05. The predicted molar refractivity (Wildman–Crippen MR) is 88.3 cm³/mol. The minimum Gasteiger partial charge on any atom is -0.484 e. The average molecular weight is 369 g/mol. The molecular weight excluding hydrogens is 354 g/mol. The first-order chi connectivity index (χ1) is 11.9. The van der Waals surface area contributed by atoms with Crippen LogP contribution in [0.15, 0.2) is 42.5 Å². The molecule has 25 heavy (non-hydrogen) atoms. The van der Waals surface area contributed by atoms with Crippen LogP contribution in [0.5, 0.6) is 5.75 Å². The maximum atomic E-state index is 13.4. The van der Waals surface area contributed by atoms with Crippen LogP contribution in [-0.2, 0) is 9.59 Å². The summed E-state index contributed by atoms with van der Waals surface area (Å²) in [5.41, 5.74) is 0.109. The van der Waals surface area contributed by atoms with Crippen LogP contribution in [0.4, 0.5) is 8.78 Å². The highest BCUT2D eigenvalue weighted by atomic mass is 35.5. The topological polar surface area (TPSA) is 67.4 Å². The van der Waals surface area contributed by atoms with Gasteiger partial charge in [0.25, 0.3) is 5.91 Å². The van der Waals surface area contributed by atoms with Gasteiger partial charge in [0.1, 0.15) is 11.8 Å². The molecule has 5 nitrogen and oxygen atoms in total. The highest BCUT2D eigenvalue weighted by Crippen LogP contribution is 2.18. The monoisotopic (exact) mass is 368 g/mol. The molecular formula is C17H15ClF2N2O3. The molecule has 1 atom stereocenters. The molecule has 0 saturated heterocycles. The second-order valence-corrected chi connectivity index (χ2v) is 5.47. The van der Waals surface area contributed by atoms with Gasteiger partial charge < -0.3 is 15.4 Å². The molecule has 2 N–H and O–H groups in total. The third kappa shape index (κ3) is 5.15. The molecule has 0 aliphatic carbocycles. The van der Waals surface area contributed by atoms with Gasteiger partial charge in [0, 0.05) is 12.1 Å². The van der Waals surface area contributed by atoms with E-state index in [-0.39, 0.29) is 12.2 Å². The number of amides is 2. The number of rotatable bonds is 6. The van der Waals surface area contributed by atoms with Crippen LogP contribution in [0, 0.1) is 11.6 Å². The first kappa shape index (κ1) is 18.7. The van der Waals surface area contributed by atoms with E-state index in [1.807, 2.05) is 0 Å². The number of carbonyl (C=O) groups is 2. The van der Waals surface area contributed by atoms with Crippen molar-refractivity contribution in [3.63, 3.8) is 0 Å². The lowest BCUT2D eigenvalue weighted by Gasteiger charge is -2.18. The smallest absolute Gasteiger partial charge is 0.258 e. The summed E-state index contributed by atoms with van der Waals surface area (Å²) in [5, 5.41) is 5.30. The Bertz CT molecular complexity index is 769. The minimum absolute atomic E-state index is 0.109. The second kappa shape index (κ2) is 8.43. The van der Waals surface area contributed by atoms with E-state index in [9.17, 15) is 18.4 Å². The molecule has 2 aromatic rings. The fourth-order valence-corrected chi connectivity index (χ4v) is 2.14. The summed E-state index contributed by atoms with van der Waals surface area (Å²) >= 11 is 5.75. The van der Waals surface area contributed by atoms with E-state index in [2.05, 4.69) is 10.6 Å². The average Bonchev–Trinajstić information content (AvgIpc) is 2.61. The lowest BCUT2D eigenvalue weighted by Crippen LogP contribution is -2.41. The van der Waals surface area contributed by atoms with Crippen LogP contribution in [0.3, 0.4) is 0 Å². The maximum absolute atomic E-state index is 13.4. The molecule has 0 heterocycles. The number of carbonyl (C=O) groups excluding carboxylic acids is 2. The third-order valence-corrected chi connectivity index (χ3v) is 3.53. The van der Waals surface area contributed by atoms with Gasteiger partial charge in [-0.05, 0) is 42.0 Å². The molecule has 0 fully saturated rings. The Hall–Kier alpha value is -2.67. The fourth-order valence-electron chi connectivity index (χ4n) is 2.02. The Morgan fingerprint density at radius 3 is 2.40 bits per heavy atom. The van der Waals surface area contributed by atoms with E-state index in [1.54, 1.807) is 24.3 Å². The van der Waals surface area contributed by atoms with Crippen molar-refractivity contribution in [2.45, 2.75) is 6.04 Å². The zero-order valence-corrected chi connectivity index (χ0v) is 13.9. The van der Waals surface area contributed by atoms with Gasteiger partial charge in [-0.1, -0.05) is 17.7 Å². The van der Waals surface area contributed by atoms with Crippen molar-refractivity contribution in [3.8, 4) is 5.75 Å². The summed E-state index contributed by atoms with van der Waals surface area (Å²) in [6, 6.07) is 8.15. The number of hydrogen-bond donors (Lipinski definition) is 2. The molecule has 0 aliphatic heterocycles. The molecule has 1 unspecified atom stereocenters. The van der Waals surface area contributed by atoms with Crippen molar-refractivity contribution in [1.82, 2.24) is 10.6 Å². The van der Waals surface area contributed by atoms with E-state index >= 15 is 0 Å². The van der Waals surface area contributed by atoms with Crippen LogP contribution in [0.1, 0.15) is 11.6 Å². The number of nitrogens with one attached hydrogen (secondary N) is 2. The number of likely N-dealkylation sites (N-methyl/N-ethyl adjacent to an activating group) is 1. The van der Waals surface area contributed by atoms with Crippen molar-refractivity contribution in [2.75, 3.05) is 13.7 Å². The Kier molecular flexibility index (Phi) is 6.30. The summed E-state index contributed by atoms with van der Waals surface area (Å²) in [7, 11) is 1.37. The van der Waals surface area contributed by atoms with Gasteiger partial charge >= 0.3 is 0 Å². The standard InChI is InChI=1S/C17H15ClF2N2O3/c1-21-17(24)16(10-2-7-13(19)14(20)8-10)22-15(23)9-25-12-5-3-11(18)4-6-12/h2-8,16H,9H2,1H3,(H,21,24)(H,22,23). The first-order valence-electron chi connectivity index (χ1n) is 7.25. The summed E-state index contributed by atoms with van der Waals surface area (Å²) < 4.78 is 31.7. The van der Waals surface area contributed by atoms with Gasteiger partial charge in [-0.25, -0.2) is 8.78 Å². The largest absolute Gasteiger partial charge is 0.484 e. The highest BCUT2D eigenvalue weighted by molar-refractivity contribution is 6.30. The normalized spacial score (nSPS) is 11.5. The van der Waals surface area contributed by atoms with Crippen molar-refractivity contribution >= 4 is 23.4 Å². The second-order valence-electron chi connectivity index (χ2n) is 5.03. The van der Waals surface area contributed by atoms with E-state index in [0.29, 0.717) is 10.8 Å². The van der Waals surface area contributed by atoms with Crippen molar-refractivity contribution in [2.24, 2.45) is 0 Å². The van der Waals surface area contributed by atoms with E-state index < -0.39 is 29.5 Å². The molecule has 0 spiro atoms. The summed E-state index contributed by atoms with van der Waals surface area (Å²) in [6.07, 6.45) is 0. The van der Waals surface area contributed by atoms with Crippen molar-refractivity contribution in [3.05, 3.63) is 64.7 Å².